The molecule has 0 radical (unpaired) electrons. The Morgan fingerprint density at radius 3 is 2.31 bits per heavy atom. The summed E-state index contributed by atoms with van der Waals surface area (Å²) in [7, 11) is 5.33. The molecule has 13 nitrogen and oxygen atoms in total. The summed E-state index contributed by atoms with van der Waals surface area (Å²) in [4.78, 5) is 20.9. The average molecular weight is 701 g/mol. The molecule has 1 unspecified atom stereocenters. The summed E-state index contributed by atoms with van der Waals surface area (Å²) in [6.45, 7) is 17.0. The Morgan fingerprint density at radius 1 is 1.02 bits per heavy atom. The van der Waals surface area contributed by atoms with Crippen molar-refractivity contribution in [2.45, 2.75) is 173 Å². The molecule has 0 aromatic carbocycles. The number of carbonyl (C=O) groups is 1. The Kier molecular flexibility index (Phi) is 12.9. The van der Waals surface area contributed by atoms with Crippen molar-refractivity contribution in [2.24, 2.45) is 22.7 Å². The van der Waals surface area contributed by atoms with Crippen LogP contribution in [0.5, 0.6) is 0 Å². The molecule has 0 spiro atoms. The van der Waals surface area contributed by atoms with Crippen LogP contribution in [0.15, 0.2) is 4.99 Å². The number of aliphatic hydroxyl groups excluding tert-OH is 2. The molecule has 2 bridgehead atoms. The van der Waals surface area contributed by atoms with Gasteiger partial charge in [0, 0.05) is 44.4 Å². The second kappa shape index (κ2) is 15.7. The van der Waals surface area contributed by atoms with Crippen molar-refractivity contribution in [1.29, 1.82) is 0 Å². The summed E-state index contributed by atoms with van der Waals surface area (Å²) >= 11 is 0. The number of aliphatic hydroxyl groups is 3. The first-order valence-corrected chi connectivity index (χ1v) is 18.1. The number of ether oxygens (including phenoxy) is 7. The maximum absolute atomic E-state index is 14.2. The number of carbonyl (C=O) groups excluding carboxylic acids is 1. The predicted octanol–water partition coefficient (Wildman–Crippen LogP) is 3.05. The van der Waals surface area contributed by atoms with Gasteiger partial charge in [0.05, 0.1) is 41.5 Å². The summed E-state index contributed by atoms with van der Waals surface area (Å²) in [5.74, 6) is -1.44. The van der Waals surface area contributed by atoms with Crippen molar-refractivity contribution in [3.63, 3.8) is 0 Å². The SMILES string of the molecule is CC[C@H]1OC(=O)[C@H](C)[C@@H](O[C@H]2C[C@@](C)(OC)[C@@H](O)[C@H](C)O2)[C@H](C)[C@@H](O[C@@H]2O[C@H](C)C[C@H](N(C)C)[C@H]2O)[C@@](C)(O)CCN=C2O[C@@]1(C)CC2C. The van der Waals surface area contributed by atoms with Crippen LogP contribution in [0, 0.1) is 17.8 Å². The number of esters is 1. The van der Waals surface area contributed by atoms with E-state index in [0.29, 0.717) is 25.2 Å². The number of fused-ring (bicyclic) bond motifs is 2. The molecule has 4 heterocycles. The van der Waals surface area contributed by atoms with Gasteiger partial charge in [-0.2, -0.15) is 0 Å². The van der Waals surface area contributed by atoms with Crippen LogP contribution in [0.25, 0.3) is 0 Å². The predicted molar refractivity (Wildman–Crippen MR) is 182 cm³/mol. The molecule has 4 aliphatic heterocycles. The molecule has 49 heavy (non-hydrogen) atoms. The lowest BCUT2D eigenvalue weighted by molar-refractivity contribution is -0.317. The topological polar surface area (TPSA) is 158 Å². The maximum Gasteiger partial charge on any atom is 0.311 e. The number of likely N-dealkylation sites (N-methyl/N-ethyl adjacent to an activating group) is 1. The minimum absolute atomic E-state index is 0.00145. The molecule has 16 atom stereocenters. The molecule has 284 valence electrons. The van der Waals surface area contributed by atoms with E-state index < -0.39 is 83.8 Å². The number of nitrogens with zero attached hydrogens (tertiary/aromatic N) is 2. The Morgan fingerprint density at radius 2 is 1.69 bits per heavy atom. The van der Waals surface area contributed by atoms with Gasteiger partial charge in [0.1, 0.15) is 23.9 Å². The summed E-state index contributed by atoms with van der Waals surface area (Å²) in [6, 6.07) is -0.239. The smallest absolute Gasteiger partial charge is 0.311 e. The molecule has 4 aliphatic rings. The van der Waals surface area contributed by atoms with Crippen molar-refractivity contribution in [1.82, 2.24) is 4.90 Å². The van der Waals surface area contributed by atoms with Crippen LogP contribution in [-0.4, -0.2) is 138 Å². The Bertz CT molecular complexity index is 1150. The molecule has 4 rings (SSSR count). The second-order valence-electron chi connectivity index (χ2n) is 16.0. The number of hydrogen-bond donors (Lipinski definition) is 3. The van der Waals surface area contributed by atoms with Crippen molar-refractivity contribution < 1.29 is 53.3 Å². The van der Waals surface area contributed by atoms with Gasteiger partial charge in [-0.15, -0.1) is 0 Å². The molecule has 0 aromatic rings. The highest BCUT2D eigenvalue weighted by molar-refractivity contribution is 5.81. The van der Waals surface area contributed by atoms with E-state index in [1.807, 2.05) is 53.6 Å². The van der Waals surface area contributed by atoms with Gasteiger partial charge < -0.3 is 53.4 Å². The van der Waals surface area contributed by atoms with Gasteiger partial charge >= 0.3 is 5.97 Å². The van der Waals surface area contributed by atoms with Gasteiger partial charge in [-0.1, -0.05) is 20.8 Å². The van der Waals surface area contributed by atoms with Crippen molar-refractivity contribution in [3.8, 4) is 0 Å². The van der Waals surface area contributed by atoms with Crippen LogP contribution in [0.2, 0.25) is 0 Å². The number of hydrogen-bond acceptors (Lipinski definition) is 13. The Balaban J connectivity index is 1.77. The first-order valence-electron chi connectivity index (χ1n) is 18.1. The lowest BCUT2D eigenvalue weighted by atomic mass is 9.79. The third-order valence-corrected chi connectivity index (χ3v) is 11.5. The monoisotopic (exact) mass is 700 g/mol. The molecule has 0 amide bonds. The molecule has 13 heteroatoms. The molecular formula is C36H64N2O11. The van der Waals surface area contributed by atoms with E-state index in [2.05, 4.69) is 0 Å². The quantitative estimate of drug-likeness (QED) is 0.334. The molecular weight excluding hydrogens is 636 g/mol. The standard InChI is InChI=1S/C36H64N2O11/c1-13-25-35(8)17-19(2)31(49-35)37-15-14-34(7,42)30(48-33-27(39)24(38(10)11)16-20(3)44-33)21(4)28(22(5)32(41)46-25)47-26-18-36(9,43-12)29(40)23(6)45-26/h19-30,33,39-40,42H,13-18H2,1-12H3/t19?,20-,21+,22-,23+,24+,25-,26+,27-,28+,29+,30-,33+,34+,35+,36-/m1/s1. The molecule has 3 N–H and O–H groups in total. The number of rotatable bonds is 7. The minimum atomic E-state index is -1.52. The highest BCUT2D eigenvalue weighted by Gasteiger charge is 2.53. The first kappa shape index (κ1) is 40.4. The average Bonchev–Trinajstić information content (AvgIpc) is 3.32. The number of cyclic esters (lactones) is 1. The van der Waals surface area contributed by atoms with Gasteiger partial charge in [-0.3, -0.25) is 9.79 Å². The van der Waals surface area contributed by atoms with Crippen LogP contribution < -0.4 is 0 Å². The molecule has 0 aromatic heterocycles. The lowest BCUT2D eigenvalue weighted by Crippen LogP contribution is -2.60. The Labute approximate surface area is 292 Å². The fraction of sp³-hybridized carbons (Fsp3) is 0.944. The van der Waals surface area contributed by atoms with Crippen LogP contribution in [-0.2, 0) is 38.0 Å². The third-order valence-electron chi connectivity index (χ3n) is 11.5. The first-order chi connectivity index (χ1) is 22.8. The largest absolute Gasteiger partial charge is 0.471 e. The summed E-state index contributed by atoms with van der Waals surface area (Å²) in [5.41, 5.74) is -3.26. The summed E-state index contributed by atoms with van der Waals surface area (Å²) in [5, 5.41) is 34.6. The molecule has 3 fully saturated rings. The van der Waals surface area contributed by atoms with Crippen molar-refractivity contribution in [2.75, 3.05) is 27.7 Å². The molecule has 3 saturated heterocycles. The van der Waals surface area contributed by atoms with E-state index in [-0.39, 0.29) is 37.5 Å². The molecule has 0 saturated carbocycles. The normalized spacial score (nSPS) is 48.8. The van der Waals surface area contributed by atoms with E-state index in [1.165, 1.54) is 7.11 Å². The number of aliphatic imine (C=N–C) groups is 1. The lowest BCUT2D eigenvalue weighted by Gasteiger charge is -2.48. The van der Waals surface area contributed by atoms with Crippen LogP contribution >= 0.6 is 0 Å². The maximum atomic E-state index is 14.2. The Hall–Kier alpha value is -1.42. The fourth-order valence-electron chi connectivity index (χ4n) is 8.29. The van der Waals surface area contributed by atoms with Crippen LogP contribution in [0.4, 0.5) is 0 Å². The summed E-state index contributed by atoms with van der Waals surface area (Å²) in [6.07, 6.45) is -4.99. The zero-order valence-electron chi connectivity index (χ0n) is 31.8. The van der Waals surface area contributed by atoms with E-state index in [4.69, 9.17) is 38.2 Å². The summed E-state index contributed by atoms with van der Waals surface area (Å²) < 4.78 is 44.1. The highest BCUT2D eigenvalue weighted by atomic mass is 16.7. The van der Waals surface area contributed by atoms with Crippen LogP contribution in [0.3, 0.4) is 0 Å². The van der Waals surface area contributed by atoms with Gasteiger partial charge in [0.15, 0.2) is 18.5 Å². The third kappa shape index (κ3) is 8.63. The van der Waals surface area contributed by atoms with Gasteiger partial charge in [0.2, 0.25) is 0 Å². The second-order valence-corrected chi connectivity index (χ2v) is 16.0. The van der Waals surface area contributed by atoms with Gasteiger partial charge in [0.25, 0.3) is 0 Å². The van der Waals surface area contributed by atoms with E-state index in [0.717, 1.165) is 0 Å². The zero-order chi connectivity index (χ0) is 36.6. The fourth-order valence-corrected chi connectivity index (χ4v) is 8.29. The van der Waals surface area contributed by atoms with E-state index in [9.17, 15) is 20.1 Å². The van der Waals surface area contributed by atoms with Crippen LogP contribution in [0.1, 0.15) is 94.4 Å². The van der Waals surface area contributed by atoms with E-state index in [1.54, 1.807) is 27.7 Å². The van der Waals surface area contributed by atoms with E-state index >= 15 is 0 Å². The van der Waals surface area contributed by atoms with Crippen molar-refractivity contribution in [3.05, 3.63) is 0 Å². The van der Waals surface area contributed by atoms with Gasteiger partial charge in [-0.05, 0) is 74.9 Å². The zero-order valence-corrected chi connectivity index (χ0v) is 31.8. The van der Waals surface area contributed by atoms with Gasteiger partial charge in [-0.25, -0.2) is 0 Å². The highest BCUT2D eigenvalue weighted by Crippen LogP contribution is 2.41. The number of methoxy groups -OCH3 is 1. The van der Waals surface area contributed by atoms with Crippen molar-refractivity contribution >= 4 is 11.9 Å². The molecule has 0 aliphatic carbocycles. The minimum Gasteiger partial charge on any atom is -0.471 e.